The first-order valence-electron chi connectivity index (χ1n) is 10.3. The average Bonchev–Trinajstić information content (AvgIpc) is 2.80. The van der Waals surface area contributed by atoms with Crippen LogP contribution >= 0.6 is 0 Å². The molecule has 0 aliphatic carbocycles. The molecule has 1 heterocycles. The maximum Gasteiger partial charge on any atom is 0.279 e. The molecule has 5 nitrogen and oxygen atoms in total. The summed E-state index contributed by atoms with van der Waals surface area (Å²) in [5.41, 5.74) is 2.93. The molecule has 0 aromatic heterocycles. The van der Waals surface area contributed by atoms with Crippen molar-refractivity contribution in [3.05, 3.63) is 96.1 Å². The second-order valence-electron chi connectivity index (χ2n) is 7.54. The van der Waals surface area contributed by atoms with Gasteiger partial charge in [-0.1, -0.05) is 60.7 Å². The Hall–Kier alpha value is -3.44. The highest BCUT2D eigenvalue weighted by Gasteiger charge is 2.23. The van der Waals surface area contributed by atoms with Gasteiger partial charge in [0.05, 0.1) is 31.9 Å². The zero-order valence-electron chi connectivity index (χ0n) is 16.9. The van der Waals surface area contributed by atoms with E-state index in [4.69, 9.17) is 0 Å². The van der Waals surface area contributed by atoms with Crippen LogP contribution in [0.2, 0.25) is 0 Å². The van der Waals surface area contributed by atoms with Crippen LogP contribution in [-0.4, -0.2) is 44.4 Å². The molecule has 0 atom stereocenters. The normalized spacial score (nSPS) is 14.3. The van der Waals surface area contributed by atoms with Crippen molar-refractivity contribution >= 4 is 23.1 Å². The molecule has 1 aliphatic rings. The Balaban J connectivity index is 1.36. The molecule has 3 aromatic rings. The molecule has 1 fully saturated rings. The van der Waals surface area contributed by atoms with E-state index >= 15 is 0 Å². The van der Waals surface area contributed by atoms with E-state index in [1.807, 2.05) is 36.4 Å². The third-order valence-electron chi connectivity index (χ3n) is 5.48. The zero-order chi connectivity index (χ0) is 20.8. The molecular weight excluding hydrogens is 374 g/mol. The minimum atomic E-state index is -0.0877. The SMILES string of the molecule is O=C(C[NH+]1CCN(c2ccccc2)CC1)Nc1ccccc1C(=O)c1ccccc1. The lowest BCUT2D eigenvalue weighted by Crippen LogP contribution is -3.15. The molecule has 1 amide bonds. The van der Waals surface area contributed by atoms with Crippen LogP contribution in [0.25, 0.3) is 0 Å². The van der Waals surface area contributed by atoms with Gasteiger partial charge in [0, 0.05) is 16.8 Å². The van der Waals surface area contributed by atoms with Gasteiger partial charge in [-0.3, -0.25) is 9.59 Å². The number of hydrogen-bond acceptors (Lipinski definition) is 3. The van der Waals surface area contributed by atoms with Gasteiger partial charge in [0.15, 0.2) is 12.3 Å². The number of para-hydroxylation sites is 2. The fraction of sp³-hybridized carbons (Fsp3) is 0.200. The summed E-state index contributed by atoms with van der Waals surface area (Å²) >= 11 is 0. The molecule has 1 saturated heterocycles. The Bertz CT molecular complexity index is 997. The van der Waals surface area contributed by atoms with Crippen LogP contribution in [0.1, 0.15) is 15.9 Å². The molecule has 2 N–H and O–H groups in total. The summed E-state index contributed by atoms with van der Waals surface area (Å²) in [6.07, 6.45) is 0. The number of quaternary nitrogens is 1. The lowest BCUT2D eigenvalue weighted by Gasteiger charge is -2.33. The number of piperazine rings is 1. The number of ketones is 1. The molecule has 0 bridgehead atoms. The summed E-state index contributed by atoms with van der Waals surface area (Å²) in [7, 11) is 0. The molecule has 30 heavy (non-hydrogen) atoms. The zero-order valence-corrected chi connectivity index (χ0v) is 16.9. The van der Waals surface area contributed by atoms with Crippen LogP contribution in [0.5, 0.6) is 0 Å². The van der Waals surface area contributed by atoms with Crippen LogP contribution in [0.3, 0.4) is 0 Å². The maximum atomic E-state index is 12.8. The van der Waals surface area contributed by atoms with E-state index in [9.17, 15) is 9.59 Å². The molecule has 1 aliphatic heterocycles. The second kappa shape index (κ2) is 9.37. The van der Waals surface area contributed by atoms with Gasteiger partial charge >= 0.3 is 0 Å². The van der Waals surface area contributed by atoms with Gasteiger partial charge in [0.1, 0.15) is 0 Å². The van der Waals surface area contributed by atoms with Crippen molar-refractivity contribution in [2.45, 2.75) is 0 Å². The van der Waals surface area contributed by atoms with E-state index in [1.54, 1.807) is 24.3 Å². The number of benzene rings is 3. The first kappa shape index (κ1) is 19.9. The summed E-state index contributed by atoms with van der Waals surface area (Å²) in [6, 6.07) is 26.7. The monoisotopic (exact) mass is 400 g/mol. The fourth-order valence-electron chi connectivity index (χ4n) is 3.85. The van der Waals surface area contributed by atoms with Crippen molar-refractivity contribution in [1.82, 2.24) is 0 Å². The molecule has 0 radical (unpaired) electrons. The largest absolute Gasteiger partial charge is 0.360 e. The minimum Gasteiger partial charge on any atom is -0.360 e. The van der Waals surface area contributed by atoms with E-state index in [-0.39, 0.29) is 11.7 Å². The summed E-state index contributed by atoms with van der Waals surface area (Å²) in [6.45, 7) is 4.07. The molecule has 0 spiro atoms. The van der Waals surface area contributed by atoms with E-state index in [0.29, 0.717) is 23.4 Å². The Kier molecular flexibility index (Phi) is 6.20. The van der Waals surface area contributed by atoms with Crippen LogP contribution in [0.4, 0.5) is 11.4 Å². The molecular formula is C25H26N3O2+. The highest BCUT2D eigenvalue weighted by atomic mass is 16.2. The maximum absolute atomic E-state index is 12.8. The number of hydrogen-bond donors (Lipinski definition) is 2. The third-order valence-corrected chi connectivity index (χ3v) is 5.48. The number of carbonyl (C=O) groups excluding carboxylic acids is 2. The van der Waals surface area contributed by atoms with Crippen LogP contribution in [0.15, 0.2) is 84.9 Å². The van der Waals surface area contributed by atoms with Gasteiger partial charge in [-0.25, -0.2) is 0 Å². The summed E-state index contributed by atoms with van der Waals surface area (Å²) in [5.74, 6) is -0.151. The molecule has 0 saturated carbocycles. The van der Waals surface area contributed by atoms with E-state index in [1.165, 1.54) is 10.6 Å². The van der Waals surface area contributed by atoms with Crippen LogP contribution in [-0.2, 0) is 4.79 Å². The first-order chi connectivity index (χ1) is 14.7. The molecule has 3 aromatic carbocycles. The van der Waals surface area contributed by atoms with E-state index in [0.717, 1.165) is 26.2 Å². The smallest absolute Gasteiger partial charge is 0.279 e. The quantitative estimate of drug-likeness (QED) is 0.624. The van der Waals surface area contributed by atoms with Gasteiger partial charge in [0.25, 0.3) is 5.91 Å². The number of anilines is 2. The van der Waals surface area contributed by atoms with Crippen LogP contribution < -0.4 is 15.1 Å². The topological polar surface area (TPSA) is 53.9 Å². The van der Waals surface area contributed by atoms with Gasteiger partial charge in [-0.2, -0.15) is 0 Å². The number of rotatable bonds is 6. The predicted octanol–water partition coefficient (Wildman–Crippen LogP) is 2.26. The highest BCUT2D eigenvalue weighted by molar-refractivity contribution is 6.13. The fourth-order valence-corrected chi connectivity index (χ4v) is 3.85. The number of nitrogens with zero attached hydrogens (tertiary/aromatic N) is 1. The lowest BCUT2D eigenvalue weighted by atomic mass is 10.0. The Morgan fingerprint density at radius 2 is 1.40 bits per heavy atom. The minimum absolute atomic E-state index is 0.0635. The van der Waals surface area contributed by atoms with Crippen molar-refractivity contribution in [1.29, 1.82) is 0 Å². The standard InChI is InChI=1S/C25H25N3O2/c29-24(19-27-15-17-28(18-16-27)21-11-5-2-6-12-21)26-23-14-8-7-13-22(23)25(30)20-9-3-1-4-10-20/h1-14H,15-19H2,(H,26,29)/p+1. The molecule has 5 heteroatoms. The van der Waals surface area contributed by atoms with Gasteiger partial charge in [-0.05, 0) is 24.3 Å². The van der Waals surface area contributed by atoms with E-state index < -0.39 is 0 Å². The Morgan fingerprint density at radius 3 is 2.10 bits per heavy atom. The summed E-state index contributed by atoms with van der Waals surface area (Å²) in [4.78, 5) is 29.1. The lowest BCUT2D eigenvalue weighted by molar-refractivity contribution is -0.892. The Labute approximate surface area is 176 Å². The van der Waals surface area contributed by atoms with Crippen LogP contribution in [0, 0.1) is 0 Å². The molecule has 0 unspecified atom stereocenters. The third kappa shape index (κ3) is 4.75. The first-order valence-corrected chi connectivity index (χ1v) is 10.3. The molecule has 152 valence electrons. The summed E-state index contributed by atoms with van der Waals surface area (Å²) in [5, 5.41) is 2.96. The van der Waals surface area contributed by atoms with Gasteiger partial charge < -0.3 is 15.1 Å². The number of nitrogens with one attached hydrogen (secondary N) is 2. The summed E-state index contributed by atoms with van der Waals surface area (Å²) < 4.78 is 0. The Morgan fingerprint density at radius 1 is 0.800 bits per heavy atom. The van der Waals surface area contributed by atoms with Gasteiger partial charge in [-0.15, -0.1) is 0 Å². The molecule has 4 rings (SSSR count). The average molecular weight is 401 g/mol. The van der Waals surface area contributed by atoms with Crippen molar-refractivity contribution in [2.75, 3.05) is 42.9 Å². The van der Waals surface area contributed by atoms with Crippen molar-refractivity contribution in [2.24, 2.45) is 0 Å². The van der Waals surface area contributed by atoms with Gasteiger partial charge in [0.2, 0.25) is 0 Å². The predicted molar refractivity (Wildman–Crippen MR) is 119 cm³/mol. The second-order valence-corrected chi connectivity index (χ2v) is 7.54. The number of carbonyl (C=O) groups is 2. The van der Waals surface area contributed by atoms with Crippen molar-refractivity contribution in [3.8, 4) is 0 Å². The number of amides is 1. The van der Waals surface area contributed by atoms with E-state index in [2.05, 4.69) is 34.5 Å². The van der Waals surface area contributed by atoms with Crippen molar-refractivity contribution in [3.63, 3.8) is 0 Å². The van der Waals surface area contributed by atoms with Crippen molar-refractivity contribution < 1.29 is 14.5 Å². The highest BCUT2D eigenvalue weighted by Crippen LogP contribution is 2.19.